The molecule has 2 heterocycles. The van der Waals surface area contributed by atoms with Crippen molar-refractivity contribution in [2.24, 2.45) is 20.0 Å². The minimum absolute atomic E-state index is 0.0180. The summed E-state index contributed by atoms with van der Waals surface area (Å²) in [5.74, 6) is 1.17. The van der Waals surface area contributed by atoms with Gasteiger partial charge < -0.3 is 24.5 Å². The van der Waals surface area contributed by atoms with Crippen molar-refractivity contribution in [3.05, 3.63) is 30.0 Å². The van der Waals surface area contributed by atoms with Crippen molar-refractivity contribution >= 4 is 28.5 Å². The van der Waals surface area contributed by atoms with Crippen molar-refractivity contribution in [1.29, 1.82) is 0 Å². The number of nitrogens with zero attached hydrogens (tertiary/aromatic N) is 3. The van der Waals surface area contributed by atoms with Gasteiger partial charge in [0.25, 0.3) is 5.91 Å². The van der Waals surface area contributed by atoms with E-state index in [0.717, 1.165) is 48.1 Å². The summed E-state index contributed by atoms with van der Waals surface area (Å²) in [4.78, 5) is 30.0. The van der Waals surface area contributed by atoms with Gasteiger partial charge in [0, 0.05) is 37.9 Å². The molecule has 1 aliphatic rings. The van der Waals surface area contributed by atoms with E-state index in [9.17, 15) is 9.59 Å². The van der Waals surface area contributed by atoms with Crippen LogP contribution in [0.1, 0.15) is 49.9 Å². The summed E-state index contributed by atoms with van der Waals surface area (Å²) in [6, 6.07) is 5.78. The molecule has 3 aromatic rings. The predicted molar refractivity (Wildman–Crippen MR) is 125 cm³/mol. The number of carbonyl (C=O) groups excluding carboxylic acids is 2. The molecule has 0 aliphatic heterocycles. The van der Waals surface area contributed by atoms with Gasteiger partial charge in [0.05, 0.1) is 23.7 Å². The lowest BCUT2D eigenvalue weighted by atomic mass is 10.1. The second-order valence-electron chi connectivity index (χ2n) is 8.83. The first kappa shape index (κ1) is 21.9. The Morgan fingerprint density at radius 1 is 1.19 bits per heavy atom. The molecule has 0 unspecified atom stereocenters. The fourth-order valence-corrected chi connectivity index (χ4v) is 4.49. The highest BCUT2D eigenvalue weighted by Crippen LogP contribution is 2.36. The number of carbonyl (C=O) groups is 2. The zero-order chi connectivity index (χ0) is 23.0. The van der Waals surface area contributed by atoms with E-state index in [1.165, 1.54) is 0 Å². The molecule has 1 aromatic carbocycles. The molecule has 8 nitrogen and oxygen atoms in total. The first-order valence-corrected chi connectivity index (χ1v) is 11.1. The van der Waals surface area contributed by atoms with E-state index in [0.29, 0.717) is 17.1 Å². The minimum atomic E-state index is -0.186. The highest BCUT2D eigenvalue weighted by molar-refractivity contribution is 6.00. The van der Waals surface area contributed by atoms with Gasteiger partial charge in [-0.2, -0.15) is 0 Å². The average molecular weight is 438 g/mol. The van der Waals surface area contributed by atoms with Gasteiger partial charge in [-0.15, -0.1) is 0 Å². The van der Waals surface area contributed by atoms with Crippen LogP contribution >= 0.6 is 0 Å². The summed E-state index contributed by atoms with van der Waals surface area (Å²) < 4.78 is 9.48. The standard InChI is InChI=1S/C24H31N5O3/c1-14(2)25-24(31)17-13-28(3)20(21(17)32-5)22-27-18-12-16(10-11-19(18)29(22)4)26-23(30)15-8-6-7-9-15/h10-15H,6-9H2,1-5H3,(H,25,31)(H,26,30). The van der Waals surface area contributed by atoms with Gasteiger partial charge in [0.1, 0.15) is 5.69 Å². The Bertz CT molecular complexity index is 1170. The van der Waals surface area contributed by atoms with Gasteiger partial charge in [0.2, 0.25) is 5.91 Å². The third kappa shape index (κ3) is 3.97. The maximum absolute atomic E-state index is 12.7. The summed E-state index contributed by atoms with van der Waals surface area (Å²) in [6.07, 6.45) is 5.93. The average Bonchev–Trinajstić information content (AvgIpc) is 3.45. The molecule has 0 saturated heterocycles. The third-order valence-corrected chi connectivity index (χ3v) is 6.09. The fourth-order valence-electron chi connectivity index (χ4n) is 4.49. The zero-order valence-corrected chi connectivity index (χ0v) is 19.4. The van der Waals surface area contributed by atoms with Crippen LogP contribution in [0.25, 0.3) is 22.6 Å². The monoisotopic (exact) mass is 437 g/mol. The Morgan fingerprint density at radius 2 is 1.91 bits per heavy atom. The second kappa shape index (κ2) is 8.68. The van der Waals surface area contributed by atoms with Crippen LogP contribution in [-0.4, -0.2) is 39.1 Å². The third-order valence-electron chi connectivity index (χ3n) is 6.09. The Hall–Kier alpha value is -3.29. The summed E-state index contributed by atoms with van der Waals surface area (Å²) in [5.41, 5.74) is 3.63. The molecule has 0 radical (unpaired) electrons. The minimum Gasteiger partial charge on any atom is -0.494 e. The molecule has 8 heteroatoms. The van der Waals surface area contributed by atoms with Crippen LogP contribution in [0.15, 0.2) is 24.4 Å². The Balaban J connectivity index is 1.70. The highest BCUT2D eigenvalue weighted by atomic mass is 16.5. The van der Waals surface area contributed by atoms with Crippen LogP contribution in [0.3, 0.4) is 0 Å². The molecule has 170 valence electrons. The Labute approximate surface area is 188 Å². The van der Waals surface area contributed by atoms with Crippen LogP contribution < -0.4 is 15.4 Å². The quantitative estimate of drug-likeness (QED) is 0.613. The van der Waals surface area contributed by atoms with Crippen molar-refractivity contribution in [1.82, 2.24) is 19.4 Å². The van der Waals surface area contributed by atoms with Gasteiger partial charge >= 0.3 is 0 Å². The predicted octanol–water partition coefficient (Wildman–Crippen LogP) is 3.85. The largest absolute Gasteiger partial charge is 0.494 e. The molecular formula is C24H31N5O3. The van der Waals surface area contributed by atoms with Gasteiger partial charge in [0.15, 0.2) is 11.6 Å². The fraction of sp³-hybridized carbons (Fsp3) is 0.458. The molecule has 4 rings (SSSR count). The van der Waals surface area contributed by atoms with Crippen molar-refractivity contribution in [2.45, 2.75) is 45.6 Å². The molecule has 2 aromatic heterocycles. The number of imidazole rings is 1. The first-order chi connectivity index (χ1) is 15.3. The van der Waals surface area contributed by atoms with E-state index in [-0.39, 0.29) is 23.8 Å². The zero-order valence-electron chi connectivity index (χ0n) is 19.4. The molecule has 2 N–H and O–H groups in total. The van der Waals surface area contributed by atoms with E-state index in [4.69, 9.17) is 9.72 Å². The van der Waals surface area contributed by atoms with Crippen molar-refractivity contribution in [3.63, 3.8) is 0 Å². The van der Waals surface area contributed by atoms with Gasteiger partial charge in [-0.05, 0) is 44.9 Å². The second-order valence-corrected chi connectivity index (χ2v) is 8.83. The van der Waals surface area contributed by atoms with Gasteiger partial charge in [-0.25, -0.2) is 4.98 Å². The lowest BCUT2D eigenvalue weighted by molar-refractivity contribution is -0.119. The van der Waals surface area contributed by atoms with Gasteiger partial charge in [-0.1, -0.05) is 12.8 Å². The molecule has 1 saturated carbocycles. The van der Waals surface area contributed by atoms with Crippen LogP contribution in [0.4, 0.5) is 5.69 Å². The lowest BCUT2D eigenvalue weighted by Crippen LogP contribution is -2.30. The number of methoxy groups -OCH3 is 1. The SMILES string of the molecule is COc1c(C(=O)NC(C)C)cn(C)c1-c1nc2cc(NC(=O)C3CCCC3)ccc2n1C. The maximum Gasteiger partial charge on any atom is 0.256 e. The number of anilines is 1. The summed E-state index contributed by atoms with van der Waals surface area (Å²) in [6.45, 7) is 3.84. The van der Waals surface area contributed by atoms with E-state index in [2.05, 4.69) is 10.6 Å². The van der Waals surface area contributed by atoms with Crippen LogP contribution in [0.5, 0.6) is 5.75 Å². The molecular weight excluding hydrogens is 406 g/mol. The number of amides is 2. The van der Waals surface area contributed by atoms with Crippen molar-refractivity contribution < 1.29 is 14.3 Å². The van der Waals surface area contributed by atoms with Crippen molar-refractivity contribution in [2.75, 3.05) is 12.4 Å². The van der Waals surface area contributed by atoms with E-state index < -0.39 is 0 Å². The number of hydrogen-bond donors (Lipinski definition) is 2. The van der Waals surface area contributed by atoms with E-state index in [1.807, 2.05) is 55.3 Å². The lowest BCUT2D eigenvalue weighted by Gasteiger charge is -2.10. The first-order valence-electron chi connectivity index (χ1n) is 11.1. The van der Waals surface area contributed by atoms with E-state index >= 15 is 0 Å². The number of aromatic nitrogens is 3. The summed E-state index contributed by atoms with van der Waals surface area (Å²) in [7, 11) is 5.36. The number of aryl methyl sites for hydroxylation is 2. The number of fused-ring (bicyclic) bond motifs is 1. The number of nitrogens with one attached hydrogen (secondary N) is 2. The van der Waals surface area contributed by atoms with E-state index in [1.54, 1.807) is 13.3 Å². The molecule has 0 bridgehead atoms. The van der Waals surface area contributed by atoms with Crippen LogP contribution in [0.2, 0.25) is 0 Å². The smallest absolute Gasteiger partial charge is 0.256 e. The summed E-state index contributed by atoms with van der Waals surface area (Å²) >= 11 is 0. The van der Waals surface area contributed by atoms with Crippen LogP contribution in [-0.2, 0) is 18.9 Å². The maximum atomic E-state index is 12.7. The molecule has 1 fully saturated rings. The van der Waals surface area contributed by atoms with Crippen LogP contribution in [0, 0.1) is 5.92 Å². The number of rotatable bonds is 6. The topological polar surface area (TPSA) is 90.2 Å². The Morgan fingerprint density at radius 3 is 2.56 bits per heavy atom. The number of ether oxygens (including phenoxy) is 1. The molecule has 0 atom stereocenters. The molecule has 1 aliphatic carbocycles. The Kier molecular flexibility index (Phi) is 5.95. The molecule has 0 spiro atoms. The van der Waals surface area contributed by atoms with Crippen molar-refractivity contribution in [3.8, 4) is 17.3 Å². The van der Waals surface area contributed by atoms with Gasteiger partial charge in [-0.3, -0.25) is 9.59 Å². The normalized spacial score (nSPS) is 14.3. The molecule has 2 amide bonds. The number of hydrogen-bond acceptors (Lipinski definition) is 4. The highest BCUT2D eigenvalue weighted by Gasteiger charge is 2.26. The molecule has 32 heavy (non-hydrogen) atoms. The number of benzene rings is 1. The summed E-state index contributed by atoms with van der Waals surface area (Å²) in [5, 5.41) is 5.96.